The van der Waals surface area contributed by atoms with E-state index in [2.05, 4.69) is 189 Å². The molecule has 30 N–H and O–H groups in total. The molecule has 102 heavy (non-hydrogen) atoms. The topological polar surface area (TPSA) is 561 Å². The summed E-state index contributed by atoms with van der Waals surface area (Å²) >= 11 is 0. The second-order valence-corrected chi connectivity index (χ2v) is 28.8. The van der Waals surface area contributed by atoms with Crippen LogP contribution in [0.1, 0.15) is 0 Å². The Labute approximate surface area is 716 Å². The monoisotopic (exact) mass is 2140 g/mol. The van der Waals surface area contributed by atoms with E-state index >= 15 is 0 Å². The van der Waals surface area contributed by atoms with Crippen molar-refractivity contribution >= 4 is 72.7 Å². The molecule has 0 spiro atoms. The Morgan fingerprint density at radius 3 is 0.412 bits per heavy atom. The number of nitrogens with zero attached hydrogens (tertiary/aromatic N) is 12. The molecule has 0 aliphatic carbocycles. The Kier molecular flexibility index (Phi) is 95.0. The molecule has 0 rings (SSSR count). The van der Waals surface area contributed by atoms with Crippen molar-refractivity contribution in [2.75, 3.05) is 284 Å². The lowest BCUT2D eigenvalue weighted by molar-refractivity contribution is -0.871. The molecule has 0 fully saturated rings. The lowest BCUT2D eigenvalue weighted by Gasteiger charge is -2.27. The predicted octanol–water partition coefficient (Wildman–Crippen LogP) is -29.0. The molecule has 0 heterocycles. The summed E-state index contributed by atoms with van der Waals surface area (Å²) in [4.78, 5) is 88.7. The minimum atomic E-state index is -0.509. The van der Waals surface area contributed by atoms with Crippen LogP contribution < -0.4 is 245 Å². The zero-order valence-electron chi connectivity index (χ0n) is 64.9. The van der Waals surface area contributed by atoms with E-state index in [9.17, 15) is 28.8 Å². The fraction of sp³-hybridized carbons (Fsp3) is 0.800. The second-order valence-electron chi connectivity index (χ2n) is 28.8. The van der Waals surface area contributed by atoms with Crippen LogP contribution in [0.5, 0.6) is 0 Å². The third kappa shape index (κ3) is 120. The zero-order valence-corrected chi connectivity index (χ0v) is 77.9. The maximum Gasteiger partial charge on any atom is 0.259 e. The van der Waals surface area contributed by atoms with Crippen LogP contribution in [0.4, 0.5) is 0 Å². The summed E-state index contributed by atoms with van der Waals surface area (Å²) in [6, 6.07) is 0.245. The molecule has 0 aromatic carbocycles. The summed E-state index contributed by atoms with van der Waals surface area (Å²) in [5.41, 5.74) is 62.5. The highest BCUT2D eigenvalue weighted by molar-refractivity contribution is 6.27. The summed E-state index contributed by atoms with van der Waals surface area (Å²) in [7, 11) is 37.4. The number of likely N-dealkylation sites (N-methyl/N-ethyl adjacent to an activating group) is 6. The van der Waals surface area contributed by atoms with Gasteiger partial charge in [0, 0.05) is 118 Å². The Hall–Kier alpha value is -1.50. The fourth-order valence-corrected chi connectivity index (χ4v) is 8.08. The number of primary amides is 6. The maximum atomic E-state index is 10.6. The average Bonchev–Trinajstić information content (AvgIpc) is 0.973. The molecule has 42 heteroatoms. The second kappa shape index (κ2) is 76.3. The number of carbonyl (C=O) groups is 6. The van der Waals surface area contributed by atoms with Gasteiger partial charge in [-0.2, -0.15) is 0 Å². The molecule has 0 aliphatic heterocycles. The van der Waals surface area contributed by atoms with Crippen LogP contribution >= 0.6 is 0 Å². The first-order valence-corrected chi connectivity index (χ1v) is 32.3. The van der Waals surface area contributed by atoms with Crippen LogP contribution in [0.15, 0.2) is 30.0 Å². The number of halogens is 6. The number of amides is 6. The molecule has 612 valence electrons. The number of hydrogen-bond acceptors (Lipinski definition) is 24. The van der Waals surface area contributed by atoms with E-state index in [0.717, 1.165) is 105 Å². The van der Waals surface area contributed by atoms with Crippen LogP contribution in [0.25, 0.3) is 0 Å². The highest BCUT2D eigenvalue weighted by Gasteiger charge is 2.21. The first kappa shape index (κ1) is 127. The smallest absolute Gasteiger partial charge is 0.259 e. The van der Waals surface area contributed by atoms with Gasteiger partial charge < -0.3 is 271 Å². The first-order valence-electron chi connectivity index (χ1n) is 32.3. The van der Waals surface area contributed by atoms with Crippen LogP contribution in [0.3, 0.4) is 0 Å². The molecule has 0 aromatic rings. The highest BCUT2D eigenvalue weighted by atomic mass is 127. The Morgan fingerprint density at radius 1 is 0.245 bits per heavy atom. The van der Waals surface area contributed by atoms with Gasteiger partial charge in [-0.15, -0.1) is 0 Å². The van der Waals surface area contributed by atoms with Gasteiger partial charge in [0.25, 0.3) is 35.4 Å². The van der Waals surface area contributed by atoms with Crippen molar-refractivity contribution in [3.63, 3.8) is 0 Å². The van der Waals surface area contributed by atoms with E-state index < -0.39 is 35.4 Å². The summed E-state index contributed by atoms with van der Waals surface area (Å²) in [5, 5.41) is 19.1. The summed E-state index contributed by atoms with van der Waals surface area (Å²) in [6.07, 6.45) is 7.11. The van der Waals surface area contributed by atoms with Crippen LogP contribution in [0.2, 0.25) is 0 Å². The van der Waals surface area contributed by atoms with Gasteiger partial charge in [-0.1, -0.05) is 0 Å². The van der Waals surface area contributed by atoms with Crippen molar-refractivity contribution < 1.29 is 200 Å². The van der Waals surface area contributed by atoms with Crippen molar-refractivity contribution in [2.24, 2.45) is 98.8 Å². The number of rotatable bonds is 48. The average molecular weight is 2140 g/mol. The van der Waals surface area contributed by atoms with Crippen LogP contribution in [0, 0.1) is 0 Å². The van der Waals surface area contributed by atoms with Crippen LogP contribution in [-0.2, 0) is 28.8 Å². The van der Waals surface area contributed by atoms with Gasteiger partial charge in [-0.05, 0) is 0 Å². The zero-order chi connectivity index (χ0) is 75.6. The number of hydrogen-bond donors (Lipinski definition) is 18. The number of aliphatic imine (C=N–C) groups is 6. The van der Waals surface area contributed by atoms with E-state index in [4.69, 9.17) is 68.8 Å². The predicted molar refractivity (Wildman–Crippen MR) is 398 cm³/mol. The molecule has 6 amide bonds. The van der Waals surface area contributed by atoms with Crippen molar-refractivity contribution in [2.45, 2.75) is 36.3 Å². The quantitative estimate of drug-likeness (QED) is 0.0116. The van der Waals surface area contributed by atoms with Crippen molar-refractivity contribution in [3.8, 4) is 0 Å². The van der Waals surface area contributed by atoms with E-state index in [1.807, 2.05) is 0 Å². The van der Waals surface area contributed by atoms with Gasteiger partial charge in [0.05, 0.1) is 164 Å². The van der Waals surface area contributed by atoms with Crippen molar-refractivity contribution in [1.29, 1.82) is 0 Å². The summed E-state index contributed by atoms with van der Waals surface area (Å²) < 4.78 is 4.70. The lowest BCUT2D eigenvalue weighted by Crippen LogP contribution is -3.00. The number of nitrogens with one attached hydrogen (secondary N) is 6. The van der Waals surface area contributed by atoms with E-state index in [1.165, 1.54) is 37.3 Å². The molecule has 0 aliphatic rings. The van der Waals surface area contributed by atoms with Crippen molar-refractivity contribution in [1.82, 2.24) is 31.9 Å². The summed E-state index contributed by atoms with van der Waals surface area (Å²) in [5.74, 6) is -3.05. The summed E-state index contributed by atoms with van der Waals surface area (Å²) in [6.45, 7) is 17.3. The third-order valence-electron chi connectivity index (χ3n) is 11.2. The number of carbonyl (C=O) groups excluding carboxylic acids is 6. The van der Waals surface area contributed by atoms with Crippen LogP contribution in [-0.4, -0.2) is 420 Å². The van der Waals surface area contributed by atoms with E-state index in [-0.39, 0.29) is 180 Å². The first-order chi connectivity index (χ1) is 44.1. The Morgan fingerprint density at radius 2 is 0.343 bits per heavy atom. The molecule has 0 saturated heterocycles. The molecule has 0 aromatic heterocycles. The molecular weight excluding hydrogens is 2000 g/mol. The van der Waals surface area contributed by atoms with E-state index in [0.29, 0.717) is 78.5 Å². The number of quaternary nitrogens is 6. The Balaban J connectivity index is -0.0000000942. The molecule has 36 nitrogen and oxygen atoms in total. The number of nitrogens with two attached hydrogens (primary N) is 12. The molecular formula is C60H144I6N30O6. The minimum Gasteiger partial charge on any atom is -1.00 e. The van der Waals surface area contributed by atoms with Gasteiger partial charge in [-0.25, -0.2) is 0 Å². The lowest BCUT2D eigenvalue weighted by atomic mass is 10.2. The highest BCUT2D eigenvalue weighted by Crippen LogP contribution is 2.03. The molecule has 6 unspecified atom stereocenters. The van der Waals surface area contributed by atoms with Gasteiger partial charge in [0.15, 0.2) is 0 Å². The molecule has 6 atom stereocenters. The van der Waals surface area contributed by atoms with Gasteiger partial charge >= 0.3 is 0 Å². The third-order valence-corrected chi connectivity index (χ3v) is 11.2. The van der Waals surface area contributed by atoms with E-state index in [1.54, 1.807) is 0 Å². The van der Waals surface area contributed by atoms with Gasteiger partial charge in [-0.3, -0.25) is 58.7 Å². The fourth-order valence-electron chi connectivity index (χ4n) is 8.08. The molecule has 0 radical (unpaired) electrons. The van der Waals surface area contributed by atoms with Crippen molar-refractivity contribution in [3.05, 3.63) is 0 Å². The molecule has 0 saturated carbocycles. The largest absolute Gasteiger partial charge is 1.00 e. The SMILES string of the molecule is C[N+](C)(C)CC(CNCCN)N=CC(N)=O.C[N+](C)(C)CC(CNCCN)N=CC(N)=O.C[N+](C)(C)CC(CNCCN)N=CC(N)=O.C[N+](C)(C)CC(CNCCN)N=CC(N)=O.C[N+](C)(C)CC(CNCCN)N=CC(N)=O.C[N+](C)(C)CC(CNCCN)N=CC(N)=O.[I-].[I-].[I-].[I-].[I-].[I-]. The maximum absolute atomic E-state index is 10.6. The van der Waals surface area contributed by atoms with Gasteiger partial charge in [0.2, 0.25) is 0 Å². The standard InChI is InChI=1S/6C10H23N5O.6HI/c6*1-15(2,3)8-9(6-13-5-4-11)14-7-10(12)16;;;;;;/h6*7,9,13H,4-6,8,11H2,1-3H3,(H-,12,16);6*1H. The molecule has 0 bridgehead atoms. The van der Waals surface area contributed by atoms with Gasteiger partial charge in [0.1, 0.15) is 75.5 Å². The Bertz CT molecular complexity index is 1820. The normalized spacial score (nSPS) is 13.4. The minimum absolute atomic E-state index is 0.